The topological polar surface area (TPSA) is 106 Å². The lowest BCUT2D eigenvalue weighted by Gasteiger charge is -2.17. The van der Waals surface area contributed by atoms with E-state index in [-0.39, 0.29) is 11.7 Å². The zero-order chi connectivity index (χ0) is 26.2. The molecule has 2 heterocycles. The predicted molar refractivity (Wildman–Crippen MR) is 147 cm³/mol. The van der Waals surface area contributed by atoms with Gasteiger partial charge < -0.3 is 20.4 Å². The Labute approximate surface area is 217 Å². The third-order valence-electron chi connectivity index (χ3n) is 6.38. The molecule has 2 aromatic heterocycles. The number of aromatic nitrogens is 2. The van der Waals surface area contributed by atoms with Crippen LogP contribution in [0.4, 0.5) is 0 Å². The van der Waals surface area contributed by atoms with Gasteiger partial charge in [-0.1, -0.05) is 48.5 Å². The molecular weight excluding hydrogens is 460 g/mol. The number of rotatable bonds is 11. The van der Waals surface area contributed by atoms with Gasteiger partial charge in [0.15, 0.2) is 5.78 Å². The van der Waals surface area contributed by atoms with E-state index in [0.717, 1.165) is 40.0 Å². The lowest BCUT2D eigenvalue weighted by molar-refractivity contribution is 0.0955. The van der Waals surface area contributed by atoms with Crippen LogP contribution in [0, 0.1) is 23.7 Å². The Morgan fingerprint density at radius 3 is 2.57 bits per heavy atom. The second-order valence-electron chi connectivity index (χ2n) is 8.80. The van der Waals surface area contributed by atoms with Gasteiger partial charge in [0.05, 0.1) is 23.1 Å². The smallest absolute Gasteiger partial charge is 0.192 e. The van der Waals surface area contributed by atoms with Crippen LogP contribution in [0.15, 0.2) is 79.1 Å². The van der Waals surface area contributed by atoms with Crippen LogP contribution in [0.3, 0.4) is 0 Å². The third kappa shape index (κ3) is 5.83. The number of pyridine rings is 1. The molecule has 1 atom stereocenters. The van der Waals surface area contributed by atoms with E-state index in [1.807, 2.05) is 84.3 Å². The summed E-state index contributed by atoms with van der Waals surface area (Å²) in [5.74, 6) is 0.296. The summed E-state index contributed by atoms with van der Waals surface area (Å²) in [5.41, 5.74) is 5.51. The van der Waals surface area contributed by atoms with E-state index in [9.17, 15) is 4.79 Å². The Kier molecular flexibility index (Phi) is 8.24. The average molecular weight is 491 g/mol. The number of imidazole rings is 1. The summed E-state index contributed by atoms with van der Waals surface area (Å²) >= 11 is 0. The van der Waals surface area contributed by atoms with E-state index in [1.54, 1.807) is 13.2 Å². The molecule has 4 aromatic rings. The maximum absolute atomic E-state index is 13.9. The Hall–Kier alpha value is -4.54. The van der Waals surface area contributed by atoms with Crippen LogP contribution in [-0.4, -0.2) is 41.5 Å². The molecular formula is C30H30N6O. The molecule has 0 saturated heterocycles. The molecule has 3 N–H and O–H groups in total. The van der Waals surface area contributed by atoms with Crippen LogP contribution < -0.4 is 10.6 Å². The van der Waals surface area contributed by atoms with Gasteiger partial charge in [0, 0.05) is 43.3 Å². The Morgan fingerprint density at radius 1 is 1.14 bits per heavy atom. The standard InChI is InChI=1S/C30H30N6O/c1-21-35-29(28-13-12-25(20-36(21)28)26(17-32)18-33-2)30(37)27(24-6-4-3-5-7-24)19-34-15-14-22-8-10-23(16-31)11-9-22/h3-13,17-18,20,27,32-34H,14-15,19H2,1-2H3/b26-18+,32-17?. The summed E-state index contributed by atoms with van der Waals surface area (Å²) in [4.78, 5) is 18.5. The van der Waals surface area contributed by atoms with Crippen molar-refractivity contribution in [2.75, 3.05) is 20.1 Å². The molecule has 0 saturated carbocycles. The van der Waals surface area contributed by atoms with Crippen LogP contribution in [0.2, 0.25) is 0 Å². The second-order valence-corrected chi connectivity index (χ2v) is 8.80. The van der Waals surface area contributed by atoms with Gasteiger partial charge in [0.25, 0.3) is 0 Å². The zero-order valence-electron chi connectivity index (χ0n) is 21.0. The minimum atomic E-state index is -0.388. The molecule has 0 aliphatic carbocycles. The second kappa shape index (κ2) is 11.9. The maximum atomic E-state index is 13.9. The lowest BCUT2D eigenvalue weighted by Crippen LogP contribution is -2.29. The van der Waals surface area contributed by atoms with Crippen molar-refractivity contribution in [1.29, 1.82) is 10.7 Å². The van der Waals surface area contributed by atoms with E-state index in [4.69, 9.17) is 10.7 Å². The van der Waals surface area contributed by atoms with E-state index < -0.39 is 0 Å². The summed E-state index contributed by atoms with van der Waals surface area (Å²) in [7, 11) is 1.80. The maximum Gasteiger partial charge on any atom is 0.192 e. The summed E-state index contributed by atoms with van der Waals surface area (Å²) in [6.07, 6.45) is 5.77. The highest BCUT2D eigenvalue weighted by Gasteiger charge is 2.26. The summed E-state index contributed by atoms with van der Waals surface area (Å²) < 4.78 is 1.91. The molecule has 7 heteroatoms. The van der Waals surface area contributed by atoms with Crippen LogP contribution >= 0.6 is 0 Å². The van der Waals surface area contributed by atoms with Crippen molar-refractivity contribution >= 4 is 23.1 Å². The largest absolute Gasteiger partial charge is 0.393 e. The van der Waals surface area contributed by atoms with Crippen molar-refractivity contribution in [2.24, 2.45) is 0 Å². The first-order valence-corrected chi connectivity index (χ1v) is 12.2. The van der Waals surface area contributed by atoms with Crippen molar-refractivity contribution in [1.82, 2.24) is 20.0 Å². The number of carbonyl (C=O) groups is 1. The first kappa shape index (κ1) is 25.5. The molecule has 4 rings (SSSR count). The average Bonchev–Trinajstić information content (AvgIpc) is 3.27. The molecule has 0 aliphatic rings. The molecule has 186 valence electrons. The fraction of sp³-hybridized carbons (Fsp3) is 0.200. The molecule has 0 amide bonds. The molecule has 0 aliphatic heterocycles. The number of benzene rings is 2. The fourth-order valence-electron chi connectivity index (χ4n) is 4.39. The van der Waals surface area contributed by atoms with Crippen LogP contribution in [-0.2, 0) is 6.42 Å². The van der Waals surface area contributed by atoms with Gasteiger partial charge in [-0.05, 0) is 49.2 Å². The molecule has 1 unspecified atom stereocenters. The lowest BCUT2D eigenvalue weighted by atomic mass is 9.92. The highest BCUT2D eigenvalue weighted by molar-refractivity contribution is 6.08. The van der Waals surface area contributed by atoms with Crippen LogP contribution in [0.1, 0.15) is 44.5 Å². The SMILES string of the molecule is CN/C=C(\C=N)c1ccc2c(C(=O)C(CNCCc3ccc(C#N)cc3)c3ccccc3)nc(C)n2c1. The first-order chi connectivity index (χ1) is 18.0. The van der Waals surface area contributed by atoms with Crippen molar-refractivity contribution in [3.8, 4) is 6.07 Å². The van der Waals surface area contributed by atoms with Gasteiger partial charge >= 0.3 is 0 Å². The van der Waals surface area contributed by atoms with Crippen molar-refractivity contribution in [3.05, 3.63) is 113 Å². The molecule has 0 bridgehead atoms. The summed E-state index contributed by atoms with van der Waals surface area (Å²) in [5, 5.41) is 23.1. The highest BCUT2D eigenvalue weighted by atomic mass is 16.1. The van der Waals surface area contributed by atoms with Crippen molar-refractivity contribution in [2.45, 2.75) is 19.3 Å². The monoisotopic (exact) mass is 490 g/mol. The zero-order valence-corrected chi connectivity index (χ0v) is 21.0. The summed E-state index contributed by atoms with van der Waals surface area (Å²) in [6, 6.07) is 23.3. The van der Waals surface area contributed by atoms with Crippen molar-refractivity contribution < 1.29 is 4.79 Å². The van der Waals surface area contributed by atoms with E-state index >= 15 is 0 Å². The minimum Gasteiger partial charge on any atom is -0.393 e. The van der Waals surface area contributed by atoms with E-state index in [0.29, 0.717) is 24.3 Å². The van der Waals surface area contributed by atoms with Crippen molar-refractivity contribution in [3.63, 3.8) is 0 Å². The van der Waals surface area contributed by atoms with Gasteiger partial charge in [0.2, 0.25) is 0 Å². The number of fused-ring (bicyclic) bond motifs is 1. The van der Waals surface area contributed by atoms with Crippen LogP contribution in [0.25, 0.3) is 11.1 Å². The number of nitriles is 1. The Bertz CT molecular complexity index is 1460. The Balaban J connectivity index is 1.57. The number of aryl methyl sites for hydroxylation is 1. The van der Waals surface area contributed by atoms with Gasteiger partial charge in [-0.2, -0.15) is 5.26 Å². The van der Waals surface area contributed by atoms with Gasteiger partial charge in [-0.25, -0.2) is 4.98 Å². The molecule has 0 radical (unpaired) electrons. The van der Waals surface area contributed by atoms with E-state index in [2.05, 4.69) is 21.7 Å². The highest BCUT2D eigenvalue weighted by Crippen LogP contribution is 2.25. The number of nitrogens with one attached hydrogen (secondary N) is 3. The number of carbonyl (C=O) groups excluding carboxylic acids is 1. The van der Waals surface area contributed by atoms with Gasteiger partial charge in [0.1, 0.15) is 11.5 Å². The molecule has 37 heavy (non-hydrogen) atoms. The Morgan fingerprint density at radius 2 is 1.89 bits per heavy atom. The first-order valence-electron chi connectivity index (χ1n) is 12.2. The minimum absolute atomic E-state index is 0.0338. The number of Topliss-reactive ketones (excluding diaryl/α,β-unsaturated/α-hetero) is 1. The summed E-state index contributed by atoms with van der Waals surface area (Å²) in [6.45, 7) is 3.07. The third-order valence-corrected chi connectivity index (χ3v) is 6.38. The molecule has 2 aromatic carbocycles. The number of nitrogens with zero attached hydrogens (tertiary/aromatic N) is 3. The molecule has 0 spiro atoms. The number of ketones is 1. The molecule has 7 nitrogen and oxygen atoms in total. The van der Waals surface area contributed by atoms with Crippen LogP contribution in [0.5, 0.6) is 0 Å². The van der Waals surface area contributed by atoms with E-state index in [1.165, 1.54) is 6.21 Å². The number of allylic oxidation sites excluding steroid dienone is 1. The van der Waals surface area contributed by atoms with Gasteiger partial charge in [-0.15, -0.1) is 0 Å². The quantitative estimate of drug-likeness (QED) is 0.163. The number of hydrogen-bond donors (Lipinski definition) is 3. The normalized spacial score (nSPS) is 12.2. The molecule has 0 fully saturated rings. The predicted octanol–water partition coefficient (Wildman–Crippen LogP) is 4.52. The number of hydrogen-bond acceptors (Lipinski definition) is 6. The van der Waals surface area contributed by atoms with Gasteiger partial charge in [-0.3, -0.25) is 4.79 Å². The fourth-order valence-corrected chi connectivity index (χ4v) is 4.39.